The van der Waals surface area contributed by atoms with Gasteiger partial charge >= 0.3 is 13.8 Å². The Morgan fingerprint density at radius 1 is 0.635 bits per heavy atom. The lowest BCUT2D eigenvalue weighted by atomic mass is 9.85. The Labute approximate surface area is 311 Å². The van der Waals surface area contributed by atoms with Crippen molar-refractivity contribution in [3.63, 3.8) is 0 Å². The van der Waals surface area contributed by atoms with E-state index in [0.29, 0.717) is 19.4 Å². The highest BCUT2D eigenvalue weighted by molar-refractivity contribution is 7.47. The third-order valence-corrected chi connectivity index (χ3v) is 9.36. The Balaban J connectivity index is 2.54. The average molecular weight is 759 g/mol. The maximum atomic E-state index is 12.7. The first-order valence-electron chi connectivity index (χ1n) is 19.1. The minimum atomic E-state index is -5.03. The second-order valence-electron chi connectivity index (χ2n) is 13.0. The van der Waals surface area contributed by atoms with Crippen LogP contribution in [0.1, 0.15) is 117 Å². The summed E-state index contributed by atoms with van der Waals surface area (Å²) in [5, 5.41) is 49.9. The number of carbonyl (C=O) groups excluding carboxylic acids is 1. The number of aliphatic hydroxyl groups is 5. The van der Waals surface area contributed by atoms with Crippen LogP contribution in [0.2, 0.25) is 0 Å². The van der Waals surface area contributed by atoms with Gasteiger partial charge in [-0.1, -0.05) is 107 Å². The molecule has 13 heteroatoms. The van der Waals surface area contributed by atoms with Crippen LogP contribution in [0.3, 0.4) is 0 Å². The summed E-state index contributed by atoms with van der Waals surface area (Å²) in [6, 6.07) is 0. The maximum Gasteiger partial charge on any atom is 0.472 e. The molecule has 1 aliphatic rings. The molecular formula is C39H67O12P. The second-order valence-corrected chi connectivity index (χ2v) is 14.4. The minimum Gasteiger partial charge on any atom is -0.457 e. The molecule has 0 saturated heterocycles. The number of aliphatic hydroxyl groups excluding tert-OH is 5. The molecule has 0 bridgehead atoms. The molecule has 0 aromatic heterocycles. The average Bonchev–Trinajstić information content (AvgIpc) is 3.12. The van der Waals surface area contributed by atoms with Crippen LogP contribution in [0.15, 0.2) is 60.8 Å². The van der Waals surface area contributed by atoms with Crippen molar-refractivity contribution in [2.24, 2.45) is 0 Å². The van der Waals surface area contributed by atoms with Crippen LogP contribution in [0.5, 0.6) is 0 Å². The molecule has 0 amide bonds. The Hall–Kier alpha value is -1.96. The Kier molecular flexibility index (Phi) is 28.1. The SMILES string of the molecule is CC/C=C\C/C=C\C/C=C\C/C=C\CCCOCC(COP(=O)(O)OC1C(O)C(O)C(O)C(O)C1O)OC(=O)CCCCCCC/C=C\CCCC. The van der Waals surface area contributed by atoms with Crippen LogP contribution in [-0.4, -0.2) is 98.9 Å². The van der Waals surface area contributed by atoms with Crippen molar-refractivity contribution in [1.29, 1.82) is 0 Å². The number of hydrogen-bond acceptors (Lipinski definition) is 11. The third kappa shape index (κ3) is 23.0. The number of unbranched alkanes of at least 4 members (excludes halogenated alkanes) is 8. The molecule has 0 aliphatic heterocycles. The van der Waals surface area contributed by atoms with E-state index < -0.39 is 63.1 Å². The number of carbonyl (C=O) groups is 1. The number of allylic oxidation sites excluding steroid dienone is 10. The zero-order valence-electron chi connectivity index (χ0n) is 31.3. The standard InChI is InChI=1S/C39H67O12P/c1-3-5-7-9-11-13-15-16-17-19-21-23-25-27-29-48-30-32(50-33(40)28-26-24-22-20-18-14-12-10-8-6-4-2)31-49-52(46,47)51-39-37(44)35(42)34(41)36(43)38(39)45/h5,7,10-13,16-17,21,23,32,34-39,41-45H,3-4,6,8-9,14-15,18-20,22,24-31H2,1-2H3,(H,46,47)/b7-5-,12-10-,13-11-,17-16-,23-21-. The number of rotatable bonds is 30. The molecule has 6 unspecified atom stereocenters. The molecule has 0 aromatic carbocycles. The van der Waals surface area contributed by atoms with Crippen molar-refractivity contribution in [2.45, 2.75) is 159 Å². The highest BCUT2D eigenvalue weighted by Gasteiger charge is 2.51. The van der Waals surface area contributed by atoms with Crippen LogP contribution in [0, 0.1) is 0 Å². The van der Waals surface area contributed by atoms with Crippen LogP contribution >= 0.6 is 7.82 Å². The first-order chi connectivity index (χ1) is 25.0. The van der Waals surface area contributed by atoms with Gasteiger partial charge in [-0.2, -0.15) is 0 Å². The summed E-state index contributed by atoms with van der Waals surface area (Å²) in [7, 11) is -5.03. The first kappa shape index (κ1) is 48.1. The maximum absolute atomic E-state index is 12.7. The molecule has 1 fully saturated rings. The molecule has 1 saturated carbocycles. The fourth-order valence-electron chi connectivity index (χ4n) is 5.28. The lowest BCUT2D eigenvalue weighted by molar-refractivity contribution is -0.220. The lowest BCUT2D eigenvalue weighted by Crippen LogP contribution is -2.64. The van der Waals surface area contributed by atoms with E-state index in [1.54, 1.807) is 0 Å². The summed E-state index contributed by atoms with van der Waals surface area (Å²) < 4.78 is 33.9. The molecule has 300 valence electrons. The van der Waals surface area contributed by atoms with Crippen molar-refractivity contribution in [2.75, 3.05) is 19.8 Å². The van der Waals surface area contributed by atoms with Gasteiger partial charge in [0.15, 0.2) is 0 Å². The number of ether oxygens (including phenoxy) is 2. The van der Waals surface area contributed by atoms with E-state index in [-0.39, 0.29) is 13.0 Å². The van der Waals surface area contributed by atoms with Gasteiger partial charge in [0.2, 0.25) is 0 Å². The summed E-state index contributed by atoms with van der Waals surface area (Å²) in [6.45, 7) is 3.91. The van der Waals surface area contributed by atoms with E-state index >= 15 is 0 Å². The summed E-state index contributed by atoms with van der Waals surface area (Å²) in [6.07, 6.45) is 23.2. The van der Waals surface area contributed by atoms with Gasteiger partial charge < -0.3 is 39.9 Å². The summed E-state index contributed by atoms with van der Waals surface area (Å²) in [4.78, 5) is 23.0. The van der Waals surface area contributed by atoms with Crippen molar-refractivity contribution >= 4 is 13.8 Å². The van der Waals surface area contributed by atoms with Crippen molar-refractivity contribution in [1.82, 2.24) is 0 Å². The van der Waals surface area contributed by atoms with Crippen LogP contribution in [0.25, 0.3) is 0 Å². The van der Waals surface area contributed by atoms with Crippen molar-refractivity contribution < 1.29 is 58.3 Å². The molecule has 52 heavy (non-hydrogen) atoms. The smallest absolute Gasteiger partial charge is 0.457 e. The molecule has 0 heterocycles. The largest absolute Gasteiger partial charge is 0.472 e. The molecule has 12 nitrogen and oxygen atoms in total. The highest BCUT2D eigenvalue weighted by Crippen LogP contribution is 2.47. The summed E-state index contributed by atoms with van der Waals surface area (Å²) in [5.41, 5.74) is 0. The topological polar surface area (TPSA) is 192 Å². The Morgan fingerprint density at radius 2 is 1.13 bits per heavy atom. The van der Waals surface area contributed by atoms with Crippen molar-refractivity contribution in [3.05, 3.63) is 60.8 Å². The number of phosphoric ester groups is 1. The van der Waals surface area contributed by atoms with Crippen LogP contribution < -0.4 is 0 Å². The monoisotopic (exact) mass is 758 g/mol. The second kappa shape index (κ2) is 30.4. The predicted molar refractivity (Wildman–Crippen MR) is 202 cm³/mol. The van der Waals surface area contributed by atoms with E-state index in [4.69, 9.17) is 18.5 Å². The number of phosphoric acid groups is 1. The Bertz CT molecular complexity index is 1090. The summed E-state index contributed by atoms with van der Waals surface area (Å²) >= 11 is 0. The predicted octanol–water partition coefficient (Wildman–Crippen LogP) is 6.30. The van der Waals surface area contributed by atoms with Gasteiger partial charge in [-0.05, 0) is 64.2 Å². The minimum absolute atomic E-state index is 0.121. The van der Waals surface area contributed by atoms with Crippen LogP contribution in [-0.2, 0) is 27.9 Å². The quantitative estimate of drug-likeness (QED) is 0.0208. The zero-order chi connectivity index (χ0) is 38.5. The molecule has 0 radical (unpaired) electrons. The number of esters is 1. The Morgan fingerprint density at radius 3 is 1.75 bits per heavy atom. The van der Waals surface area contributed by atoms with Gasteiger partial charge in [0.05, 0.1) is 13.2 Å². The molecule has 1 rings (SSSR count). The highest BCUT2D eigenvalue weighted by atomic mass is 31.2. The van der Waals surface area contributed by atoms with E-state index in [9.17, 15) is 39.8 Å². The zero-order valence-corrected chi connectivity index (χ0v) is 32.2. The molecular weight excluding hydrogens is 691 g/mol. The lowest BCUT2D eigenvalue weighted by Gasteiger charge is -2.41. The molecule has 6 atom stereocenters. The van der Waals surface area contributed by atoms with E-state index in [1.807, 2.05) is 0 Å². The van der Waals surface area contributed by atoms with E-state index in [2.05, 4.69) is 74.6 Å². The molecule has 0 aromatic rings. The van der Waals surface area contributed by atoms with E-state index in [1.165, 1.54) is 12.8 Å². The van der Waals surface area contributed by atoms with Gasteiger partial charge in [0.25, 0.3) is 0 Å². The van der Waals surface area contributed by atoms with Crippen molar-refractivity contribution in [3.8, 4) is 0 Å². The van der Waals surface area contributed by atoms with Gasteiger partial charge in [0, 0.05) is 13.0 Å². The van der Waals surface area contributed by atoms with Gasteiger partial charge in [-0.25, -0.2) is 4.57 Å². The molecule has 6 N–H and O–H groups in total. The molecule has 1 aliphatic carbocycles. The fraction of sp³-hybridized carbons (Fsp3) is 0.718. The normalized spacial score (nSPS) is 24.5. The van der Waals surface area contributed by atoms with Crippen LogP contribution in [0.4, 0.5) is 0 Å². The van der Waals surface area contributed by atoms with E-state index in [0.717, 1.165) is 70.6 Å². The fourth-order valence-corrected chi connectivity index (χ4v) is 6.25. The summed E-state index contributed by atoms with van der Waals surface area (Å²) in [5.74, 6) is -0.511. The van der Waals surface area contributed by atoms with Gasteiger partial charge in [0.1, 0.15) is 42.7 Å². The van der Waals surface area contributed by atoms with Gasteiger partial charge in [-0.15, -0.1) is 0 Å². The third-order valence-electron chi connectivity index (χ3n) is 8.37. The van der Waals surface area contributed by atoms with Gasteiger partial charge in [-0.3, -0.25) is 13.8 Å². The molecule has 0 spiro atoms. The first-order valence-corrected chi connectivity index (χ1v) is 20.6. The number of hydrogen-bond donors (Lipinski definition) is 6.